The van der Waals surface area contributed by atoms with Gasteiger partial charge >= 0.3 is 5.97 Å². The standard InChI is InChI=1S/C12H6F3NO3/c13-6-1-2-8(12(17)18)10(4-6)19-11-9(15)3-7(14)5-16-11/h1-5H,(H,17,18). The second-order valence-corrected chi connectivity index (χ2v) is 3.49. The smallest absolute Gasteiger partial charge is 0.339 e. The molecule has 0 fully saturated rings. The van der Waals surface area contributed by atoms with E-state index in [9.17, 15) is 18.0 Å². The first-order valence-corrected chi connectivity index (χ1v) is 4.99. The molecule has 0 bridgehead atoms. The maximum Gasteiger partial charge on any atom is 0.339 e. The van der Waals surface area contributed by atoms with E-state index in [4.69, 9.17) is 9.84 Å². The van der Waals surface area contributed by atoms with Gasteiger partial charge in [-0.1, -0.05) is 0 Å². The molecule has 1 heterocycles. The Hall–Kier alpha value is -2.57. The van der Waals surface area contributed by atoms with Gasteiger partial charge in [0.2, 0.25) is 0 Å². The average molecular weight is 269 g/mol. The molecule has 19 heavy (non-hydrogen) atoms. The number of hydrogen-bond acceptors (Lipinski definition) is 3. The van der Waals surface area contributed by atoms with Crippen LogP contribution in [0.15, 0.2) is 30.5 Å². The van der Waals surface area contributed by atoms with Crippen LogP contribution in [0.2, 0.25) is 0 Å². The zero-order chi connectivity index (χ0) is 14.0. The number of carboxylic acids is 1. The number of halogens is 3. The lowest BCUT2D eigenvalue weighted by molar-refractivity contribution is 0.0694. The lowest BCUT2D eigenvalue weighted by Crippen LogP contribution is -2.02. The number of aromatic carboxylic acids is 1. The summed E-state index contributed by atoms with van der Waals surface area (Å²) in [5, 5.41) is 8.87. The summed E-state index contributed by atoms with van der Waals surface area (Å²) in [7, 11) is 0. The van der Waals surface area contributed by atoms with Gasteiger partial charge in [0, 0.05) is 12.1 Å². The van der Waals surface area contributed by atoms with Gasteiger partial charge in [-0.15, -0.1) is 0 Å². The van der Waals surface area contributed by atoms with Crippen LogP contribution in [-0.2, 0) is 0 Å². The molecule has 0 radical (unpaired) electrons. The van der Waals surface area contributed by atoms with Gasteiger partial charge in [-0.2, -0.15) is 0 Å². The predicted octanol–water partition coefficient (Wildman–Crippen LogP) is 2.99. The van der Waals surface area contributed by atoms with Crippen LogP contribution < -0.4 is 4.74 Å². The van der Waals surface area contributed by atoms with Crippen molar-refractivity contribution >= 4 is 5.97 Å². The molecule has 0 aliphatic carbocycles. The molecule has 0 saturated carbocycles. The van der Waals surface area contributed by atoms with E-state index in [0.717, 1.165) is 18.2 Å². The summed E-state index contributed by atoms with van der Waals surface area (Å²) in [6, 6.07) is 3.18. The number of nitrogens with zero attached hydrogens (tertiary/aromatic N) is 1. The average Bonchev–Trinajstić information content (AvgIpc) is 2.32. The highest BCUT2D eigenvalue weighted by molar-refractivity contribution is 5.90. The van der Waals surface area contributed by atoms with Crippen molar-refractivity contribution in [1.29, 1.82) is 0 Å². The number of hydrogen-bond donors (Lipinski definition) is 1. The van der Waals surface area contributed by atoms with Crippen molar-refractivity contribution in [3.05, 3.63) is 53.5 Å². The van der Waals surface area contributed by atoms with Gasteiger partial charge in [0.15, 0.2) is 5.82 Å². The second-order valence-electron chi connectivity index (χ2n) is 3.49. The van der Waals surface area contributed by atoms with Crippen LogP contribution >= 0.6 is 0 Å². The lowest BCUT2D eigenvalue weighted by atomic mass is 10.2. The summed E-state index contributed by atoms with van der Waals surface area (Å²) < 4.78 is 43.8. The molecule has 7 heteroatoms. The fraction of sp³-hybridized carbons (Fsp3) is 0. The van der Waals surface area contributed by atoms with Crippen molar-refractivity contribution in [2.24, 2.45) is 0 Å². The summed E-state index contributed by atoms with van der Waals surface area (Å²) >= 11 is 0. The van der Waals surface area contributed by atoms with E-state index in [1.807, 2.05) is 0 Å². The minimum absolute atomic E-state index is 0.369. The maximum atomic E-state index is 13.3. The van der Waals surface area contributed by atoms with E-state index in [-0.39, 0.29) is 5.56 Å². The first-order chi connectivity index (χ1) is 8.97. The Balaban J connectivity index is 2.42. The number of carboxylic acid groups (broad SMARTS) is 1. The van der Waals surface area contributed by atoms with Crippen molar-refractivity contribution in [3.63, 3.8) is 0 Å². The summed E-state index contributed by atoms with van der Waals surface area (Å²) in [6.07, 6.45) is 0.693. The Kier molecular flexibility index (Phi) is 3.37. The molecule has 0 saturated heterocycles. The largest absolute Gasteiger partial charge is 0.478 e. The second kappa shape index (κ2) is 4.97. The molecule has 2 rings (SSSR count). The van der Waals surface area contributed by atoms with E-state index in [0.29, 0.717) is 12.3 Å². The van der Waals surface area contributed by atoms with Gasteiger partial charge < -0.3 is 9.84 Å². The van der Waals surface area contributed by atoms with E-state index in [2.05, 4.69) is 4.98 Å². The van der Waals surface area contributed by atoms with E-state index >= 15 is 0 Å². The monoisotopic (exact) mass is 269 g/mol. The minimum atomic E-state index is -1.38. The van der Waals surface area contributed by atoms with Crippen LogP contribution in [-0.4, -0.2) is 16.1 Å². The lowest BCUT2D eigenvalue weighted by Gasteiger charge is -2.08. The molecule has 0 aliphatic heterocycles. The summed E-state index contributed by atoms with van der Waals surface area (Å²) in [6.45, 7) is 0. The summed E-state index contributed by atoms with van der Waals surface area (Å²) in [5.74, 6) is -5.25. The molecule has 1 aromatic heterocycles. The summed E-state index contributed by atoms with van der Waals surface area (Å²) in [4.78, 5) is 14.2. The number of carbonyl (C=O) groups is 1. The molecular weight excluding hydrogens is 263 g/mol. The van der Waals surface area contributed by atoms with Gasteiger partial charge in [-0.05, 0) is 12.1 Å². The van der Waals surface area contributed by atoms with Crippen LogP contribution in [0.25, 0.3) is 0 Å². The maximum absolute atomic E-state index is 13.3. The van der Waals surface area contributed by atoms with Crippen molar-refractivity contribution < 1.29 is 27.8 Å². The number of benzene rings is 1. The Morgan fingerprint density at radius 2 is 1.89 bits per heavy atom. The van der Waals surface area contributed by atoms with E-state index in [1.54, 1.807) is 0 Å². The van der Waals surface area contributed by atoms with Crippen molar-refractivity contribution in [2.75, 3.05) is 0 Å². The number of ether oxygens (including phenoxy) is 1. The fourth-order valence-electron chi connectivity index (χ4n) is 1.34. The molecule has 1 aromatic carbocycles. The zero-order valence-electron chi connectivity index (χ0n) is 9.23. The Morgan fingerprint density at radius 3 is 2.53 bits per heavy atom. The Labute approximate surface area is 105 Å². The third-order valence-corrected chi connectivity index (χ3v) is 2.15. The molecule has 0 aliphatic rings. The third kappa shape index (κ3) is 2.82. The molecule has 0 atom stereocenters. The molecule has 0 unspecified atom stereocenters. The molecule has 98 valence electrons. The zero-order valence-corrected chi connectivity index (χ0v) is 9.23. The topological polar surface area (TPSA) is 59.4 Å². The number of pyridine rings is 1. The fourth-order valence-corrected chi connectivity index (χ4v) is 1.34. The van der Waals surface area contributed by atoms with Gasteiger partial charge in [0.25, 0.3) is 5.88 Å². The molecule has 0 spiro atoms. The van der Waals surface area contributed by atoms with Crippen LogP contribution in [0.1, 0.15) is 10.4 Å². The Morgan fingerprint density at radius 1 is 1.16 bits per heavy atom. The number of aromatic nitrogens is 1. The van der Waals surface area contributed by atoms with Crippen LogP contribution in [0, 0.1) is 17.5 Å². The molecule has 1 N–H and O–H groups in total. The van der Waals surface area contributed by atoms with Crippen molar-refractivity contribution in [1.82, 2.24) is 4.98 Å². The highest BCUT2D eigenvalue weighted by Gasteiger charge is 2.16. The first kappa shape index (κ1) is 12.9. The van der Waals surface area contributed by atoms with Crippen LogP contribution in [0.3, 0.4) is 0 Å². The quantitative estimate of drug-likeness (QED) is 0.930. The van der Waals surface area contributed by atoms with E-state index in [1.165, 1.54) is 0 Å². The Bertz CT molecular complexity index is 646. The normalized spacial score (nSPS) is 10.3. The SMILES string of the molecule is O=C(O)c1ccc(F)cc1Oc1ncc(F)cc1F. The van der Waals surface area contributed by atoms with E-state index < -0.39 is 35.1 Å². The molecule has 4 nitrogen and oxygen atoms in total. The third-order valence-electron chi connectivity index (χ3n) is 2.15. The van der Waals surface area contributed by atoms with Gasteiger partial charge in [0.05, 0.1) is 6.20 Å². The minimum Gasteiger partial charge on any atom is -0.478 e. The molecule has 0 amide bonds. The first-order valence-electron chi connectivity index (χ1n) is 4.99. The highest BCUT2D eigenvalue weighted by Crippen LogP contribution is 2.27. The molecule has 2 aromatic rings. The number of rotatable bonds is 3. The predicted molar refractivity (Wildman–Crippen MR) is 57.6 cm³/mol. The summed E-state index contributed by atoms with van der Waals surface area (Å²) in [5.41, 5.74) is -0.369. The van der Waals surface area contributed by atoms with Crippen LogP contribution in [0.5, 0.6) is 11.6 Å². The van der Waals surface area contributed by atoms with Crippen LogP contribution in [0.4, 0.5) is 13.2 Å². The van der Waals surface area contributed by atoms with Gasteiger partial charge in [0.1, 0.15) is 22.9 Å². The van der Waals surface area contributed by atoms with Crippen molar-refractivity contribution in [2.45, 2.75) is 0 Å². The molecular formula is C12H6F3NO3. The van der Waals surface area contributed by atoms with Crippen molar-refractivity contribution in [3.8, 4) is 11.6 Å². The van der Waals surface area contributed by atoms with Gasteiger partial charge in [-0.25, -0.2) is 22.9 Å². The van der Waals surface area contributed by atoms with Gasteiger partial charge in [-0.3, -0.25) is 0 Å². The highest BCUT2D eigenvalue weighted by atomic mass is 19.1.